The van der Waals surface area contributed by atoms with E-state index in [1.807, 2.05) is 0 Å². The SMILES string of the molecule is [O]C1(O)CCCC1. The first-order valence-electron chi connectivity index (χ1n) is 2.63. The molecule has 0 bridgehead atoms. The average Bonchev–Trinajstić information content (AvgIpc) is 1.84. The molecule has 0 amide bonds. The third kappa shape index (κ3) is 1.14. The van der Waals surface area contributed by atoms with Crippen LogP contribution in [0, 0.1) is 0 Å². The highest BCUT2D eigenvalue weighted by Gasteiger charge is 2.29. The summed E-state index contributed by atoms with van der Waals surface area (Å²) in [5.41, 5.74) is 0. The molecule has 2 heteroatoms. The smallest absolute Gasteiger partial charge is 0.199 e. The van der Waals surface area contributed by atoms with Crippen LogP contribution in [0.3, 0.4) is 0 Å². The van der Waals surface area contributed by atoms with E-state index in [-0.39, 0.29) is 0 Å². The van der Waals surface area contributed by atoms with E-state index in [1.165, 1.54) is 0 Å². The van der Waals surface area contributed by atoms with Crippen LogP contribution in [-0.4, -0.2) is 10.9 Å². The van der Waals surface area contributed by atoms with Gasteiger partial charge in [0, 0.05) is 12.8 Å². The Bertz CT molecular complexity index is 60.5. The minimum atomic E-state index is -1.56. The maximum Gasteiger partial charge on any atom is 0.199 e. The quantitative estimate of drug-likeness (QED) is 0.448. The molecule has 1 fully saturated rings. The minimum absolute atomic E-state index is 0.451. The molecule has 41 valence electrons. The Morgan fingerprint density at radius 2 is 1.71 bits per heavy atom. The average molecular weight is 101 g/mol. The highest BCUT2D eigenvalue weighted by Crippen LogP contribution is 2.26. The Morgan fingerprint density at radius 1 is 1.29 bits per heavy atom. The van der Waals surface area contributed by atoms with Gasteiger partial charge in [-0.3, -0.25) is 0 Å². The first kappa shape index (κ1) is 5.06. The van der Waals surface area contributed by atoms with Gasteiger partial charge in [-0.2, -0.15) is 5.11 Å². The molecule has 7 heavy (non-hydrogen) atoms. The van der Waals surface area contributed by atoms with Gasteiger partial charge in [-0.05, 0) is 12.8 Å². The van der Waals surface area contributed by atoms with Crippen LogP contribution < -0.4 is 0 Å². The summed E-state index contributed by atoms with van der Waals surface area (Å²) in [5.74, 6) is -1.56. The van der Waals surface area contributed by atoms with Crippen molar-refractivity contribution >= 4 is 0 Å². The van der Waals surface area contributed by atoms with Crippen LogP contribution in [0.15, 0.2) is 0 Å². The second-order valence-electron chi connectivity index (χ2n) is 2.15. The van der Waals surface area contributed by atoms with E-state index in [1.54, 1.807) is 0 Å². The second-order valence-corrected chi connectivity index (χ2v) is 2.15. The lowest BCUT2D eigenvalue weighted by atomic mass is 10.2. The molecule has 0 aromatic rings. The summed E-state index contributed by atoms with van der Waals surface area (Å²) < 4.78 is 0. The highest BCUT2D eigenvalue weighted by molar-refractivity contribution is 4.71. The molecule has 1 rings (SSSR count). The zero-order valence-corrected chi connectivity index (χ0v) is 4.18. The van der Waals surface area contributed by atoms with Gasteiger partial charge < -0.3 is 5.11 Å². The summed E-state index contributed by atoms with van der Waals surface area (Å²) in [4.78, 5) is 0. The van der Waals surface area contributed by atoms with Gasteiger partial charge >= 0.3 is 0 Å². The normalized spacial score (nSPS) is 28.3. The molecular formula is C5H9O2. The van der Waals surface area contributed by atoms with E-state index in [0.717, 1.165) is 12.8 Å². The molecule has 1 aliphatic rings. The van der Waals surface area contributed by atoms with Crippen LogP contribution in [0.25, 0.3) is 0 Å². The largest absolute Gasteiger partial charge is 0.363 e. The maximum absolute atomic E-state index is 10.5. The molecule has 0 unspecified atom stereocenters. The van der Waals surface area contributed by atoms with Crippen LogP contribution in [0.5, 0.6) is 0 Å². The van der Waals surface area contributed by atoms with Crippen molar-refractivity contribution in [2.24, 2.45) is 0 Å². The van der Waals surface area contributed by atoms with Crippen molar-refractivity contribution < 1.29 is 10.2 Å². The van der Waals surface area contributed by atoms with E-state index in [9.17, 15) is 5.11 Å². The van der Waals surface area contributed by atoms with Crippen molar-refractivity contribution in [1.29, 1.82) is 0 Å². The van der Waals surface area contributed by atoms with Crippen molar-refractivity contribution in [1.82, 2.24) is 0 Å². The van der Waals surface area contributed by atoms with Gasteiger partial charge in [0.1, 0.15) is 0 Å². The molecular weight excluding hydrogens is 92.1 g/mol. The Hall–Kier alpha value is -0.0800. The predicted octanol–water partition coefficient (Wildman–Crippen LogP) is 0.679. The molecule has 0 atom stereocenters. The molecule has 1 aliphatic carbocycles. The lowest BCUT2D eigenvalue weighted by molar-refractivity contribution is -0.197. The van der Waals surface area contributed by atoms with E-state index in [4.69, 9.17) is 5.11 Å². The molecule has 0 aliphatic heterocycles. The summed E-state index contributed by atoms with van der Waals surface area (Å²) in [6.07, 6.45) is 2.71. The Labute approximate surface area is 42.8 Å². The fourth-order valence-corrected chi connectivity index (χ4v) is 0.927. The maximum atomic E-state index is 10.5. The van der Waals surface area contributed by atoms with Crippen LogP contribution in [0.1, 0.15) is 25.7 Å². The predicted molar refractivity (Wildman–Crippen MR) is 24.1 cm³/mol. The molecule has 0 spiro atoms. The Kier molecular flexibility index (Phi) is 1.05. The van der Waals surface area contributed by atoms with Gasteiger partial charge in [-0.1, -0.05) is 0 Å². The summed E-state index contributed by atoms with van der Waals surface area (Å²) in [7, 11) is 0. The lowest BCUT2D eigenvalue weighted by Gasteiger charge is -2.07. The number of hydrogen-bond acceptors (Lipinski definition) is 1. The fraction of sp³-hybridized carbons (Fsp3) is 1.00. The summed E-state index contributed by atoms with van der Waals surface area (Å²) in [5, 5.41) is 19.1. The van der Waals surface area contributed by atoms with Crippen molar-refractivity contribution in [3.05, 3.63) is 0 Å². The van der Waals surface area contributed by atoms with Crippen molar-refractivity contribution in [3.63, 3.8) is 0 Å². The molecule has 1 saturated carbocycles. The van der Waals surface area contributed by atoms with E-state index in [0.29, 0.717) is 12.8 Å². The topological polar surface area (TPSA) is 40.1 Å². The van der Waals surface area contributed by atoms with Gasteiger partial charge in [0.15, 0.2) is 5.79 Å². The molecule has 0 aromatic carbocycles. The third-order valence-electron chi connectivity index (χ3n) is 1.38. The number of hydrogen-bond donors (Lipinski definition) is 1. The molecule has 0 aromatic heterocycles. The summed E-state index contributed by atoms with van der Waals surface area (Å²) in [6.45, 7) is 0. The standard InChI is InChI=1S/C5H9O2/c6-5(7)3-1-2-4-5/h6H,1-4H2. The first-order valence-corrected chi connectivity index (χ1v) is 2.63. The van der Waals surface area contributed by atoms with Crippen molar-refractivity contribution in [3.8, 4) is 0 Å². The minimum Gasteiger partial charge on any atom is -0.363 e. The van der Waals surface area contributed by atoms with Gasteiger partial charge in [-0.15, -0.1) is 0 Å². The van der Waals surface area contributed by atoms with E-state index < -0.39 is 5.79 Å². The molecule has 1 radical (unpaired) electrons. The number of rotatable bonds is 0. The zero-order valence-electron chi connectivity index (χ0n) is 4.18. The van der Waals surface area contributed by atoms with Crippen molar-refractivity contribution in [2.45, 2.75) is 31.5 Å². The number of aliphatic hydroxyl groups is 1. The summed E-state index contributed by atoms with van der Waals surface area (Å²) >= 11 is 0. The van der Waals surface area contributed by atoms with Crippen LogP contribution in [0.4, 0.5) is 0 Å². The lowest BCUT2D eigenvalue weighted by Crippen LogP contribution is -2.19. The Morgan fingerprint density at radius 3 is 1.86 bits per heavy atom. The van der Waals surface area contributed by atoms with Gasteiger partial charge in [-0.25, -0.2) is 0 Å². The fourth-order valence-electron chi connectivity index (χ4n) is 0.927. The van der Waals surface area contributed by atoms with Crippen LogP contribution >= 0.6 is 0 Å². The van der Waals surface area contributed by atoms with Crippen LogP contribution in [0.2, 0.25) is 0 Å². The molecule has 0 saturated heterocycles. The van der Waals surface area contributed by atoms with Crippen molar-refractivity contribution in [2.75, 3.05) is 0 Å². The second kappa shape index (κ2) is 1.46. The van der Waals surface area contributed by atoms with Gasteiger partial charge in [0.25, 0.3) is 0 Å². The molecule has 2 nitrogen and oxygen atoms in total. The third-order valence-corrected chi connectivity index (χ3v) is 1.38. The van der Waals surface area contributed by atoms with Gasteiger partial charge in [0.05, 0.1) is 0 Å². The Balaban J connectivity index is 2.40. The van der Waals surface area contributed by atoms with E-state index >= 15 is 0 Å². The van der Waals surface area contributed by atoms with Crippen LogP contribution in [-0.2, 0) is 5.11 Å². The first-order chi connectivity index (χ1) is 3.21. The zero-order chi connectivity index (χ0) is 5.33. The monoisotopic (exact) mass is 101 g/mol. The summed E-state index contributed by atoms with van der Waals surface area (Å²) in [6, 6.07) is 0. The molecule has 1 N–H and O–H groups in total. The molecule has 0 heterocycles. The highest BCUT2D eigenvalue weighted by atomic mass is 16.5. The van der Waals surface area contributed by atoms with E-state index in [2.05, 4.69) is 0 Å². The van der Waals surface area contributed by atoms with Gasteiger partial charge in [0.2, 0.25) is 0 Å².